The monoisotopic (exact) mass is 358 g/mol. The first-order valence-corrected chi connectivity index (χ1v) is 8.56. The van der Waals surface area contributed by atoms with Crippen LogP contribution in [0.2, 0.25) is 0 Å². The maximum absolute atomic E-state index is 13.8. The van der Waals surface area contributed by atoms with Gasteiger partial charge in [0.1, 0.15) is 11.6 Å². The highest BCUT2D eigenvalue weighted by atomic mass is 19.1. The van der Waals surface area contributed by atoms with Crippen molar-refractivity contribution in [1.82, 2.24) is 10.2 Å². The maximum atomic E-state index is 13.8. The van der Waals surface area contributed by atoms with Crippen molar-refractivity contribution in [2.45, 2.75) is 25.8 Å². The molecule has 0 aromatic heterocycles. The van der Waals surface area contributed by atoms with E-state index in [9.17, 15) is 18.4 Å². The van der Waals surface area contributed by atoms with Gasteiger partial charge in [-0.05, 0) is 44.0 Å². The van der Waals surface area contributed by atoms with E-state index in [0.29, 0.717) is 37.6 Å². The molecule has 1 heterocycles. The number of piperidine rings is 1. The van der Waals surface area contributed by atoms with E-state index in [1.807, 2.05) is 19.1 Å². The van der Waals surface area contributed by atoms with Crippen LogP contribution >= 0.6 is 0 Å². The lowest BCUT2D eigenvalue weighted by atomic mass is 10.0. The van der Waals surface area contributed by atoms with E-state index < -0.39 is 17.5 Å². The molecule has 0 bridgehead atoms. The lowest BCUT2D eigenvalue weighted by molar-refractivity contribution is 0.0693. The molecule has 1 saturated heterocycles. The van der Waals surface area contributed by atoms with Crippen molar-refractivity contribution in [1.29, 1.82) is 0 Å². The van der Waals surface area contributed by atoms with Gasteiger partial charge in [0.2, 0.25) is 0 Å². The molecule has 0 aliphatic carbocycles. The zero-order valence-electron chi connectivity index (χ0n) is 14.5. The first-order valence-electron chi connectivity index (χ1n) is 8.56. The highest BCUT2D eigenvalue weighted by Gasteiger charge is 2.26. The fourth-order valence-electron chi connectivity index (χ4n) is 3.03. The Morgan fingerprint density at radius 2 is 1.69 bits per heavy atom. The minimum absolute atomic E-state index is 0.0362. The molecule has 0 radical (unpaired) electrons. The van der Waals surface area contributed by atoms with Crippen LogP contribution in [-0.2, 0) is 0 Å². The molecule has 2 aromatic carbocycles. The number of hydrogen-bond acceptors (Lipinski definition) is 2. The summed E-state index contributed by atoms with van der Waals surface area (Å²) in [5.41, 5.74) is 1.55. The van der Waals surface area contributed by atoms with Gasteiger partial charge in [-0.3, -0.25) is 9.59 Å². The van der Waals surface area contributed by atoms with Gasteiger partial charge in [-0.1, -0.05) is 17.7 Å². The summed E-state index contributed by atoms with van der Waals surface area (Å²) in [7, 11) is 0. The Hall–Kier alpha value is -2.76. The lowest BCUT2D eigenvalue weighted by Gasteiger charge is -2.32. The van der Waals surface area contributed by atoms with Crippen LogP contribution in [-0.4, -0.2) is 35.8 Å². The second-order valence-electron chi connectivity index (χ2n) is 6.53. The number of nitrogens with zero attached hydrogens (tertiary/aromatic N) is 1. The number of amides is 2. The van der Waals surface area contributed by atoms with Crippen molar-refractivity contribution in [3.8, 4) is 0 Å². The number of aryl methyl sites for hydroxylation is 1. The normalized spacial score (nSPS) is 15.0. The van der Waals surface area contributed by atoms with Crippen LogP contribution < -0.4 is 5.32 Å². The SMILES string of the molecule is Cc1ccc(C(=O)NC2CCN(C(=O)c3ccc(F)cc3F)CC2)cc1. The zero-order chi connectivity index (χ0) is 18.7. The molecule has 1 fully saturated rings. The van der Waals surface area contributed by atoms with Gasteiger partial charge in [0, 0.05) is 30.8 Å². The van der Waals surface area contributed by atoms with Gasteiger partial charge >= 0.3 is 0 Å². The highest BCUT2D eigenvalue weighted by molar-refractivity contribution is 5.95. The van der Waals surface area contributed by atoms with Gasteiger partial charge in [0.15, 0.2) is 0 Å². The summed E-state index contributed by atoms with van der Waals surface area (Å²) in [6.07, 6.45) is 1.18. The second-order valence-corrected chi connectivity index (χ2v) is 6.53. The van der Waals surface area contributed by atoms with Crippen molar-refractivity contribution in [3.63, 3.8) is 0 Å². The van der Waals surface area contributed by atoms with Crippen LogP contribution in [0.5, 0.6) is 0 Å². The Morgan fingerprint density at radius 3 is 2.31 bits per heavy atom. The van der Waals surface area contributed by atoms with Gasteiger partial charge in [-0.15, -0.1) is 0 Å². The lowest BCUT2D eigenvalue weighted by Crippen LogP contribution is -2.46. The van der Waals surface area contributed by atoms with E-state index in [1.54, 1.807) is 12.1 Å². The molecule has 3 rings (SSSR count). The van der Waals surface area contributed by atoms with Crippen molar-refractivity contribution in [2.75, 3.05) is 13.1 Å². The molecular formula is C20H20F2N2O2. The third kappa shape index (κ3) is 4.07. The number of likely N-dealkylation sites (tertiary alicyclic amines) is 1. The first-order chi connectivity index (χ1) is 12.4. The van der Waals surface area contributed by atoms with E-state index in [1.165, 1.54) is 4.90 Å². The standard InChI is InChI=1S/C20H20F2N2O2/c1-13-2-4-14(5-3-13)19(25)23-16-8-10-24(11-9-16)20(26)17-7-6-15(21)12-18(17)22/h2-7,12,16H,8-11H2,1H3,(H,23,25). The summed E-state index contributed by atoms with van der Waals surface area (Å²) >= 11 is 0. The summed E-state index contributed by atoms with van der Waals surface area (Å²) in [6.45, 7) is 2.78. The van der Waals surface area contributed by atoms with Crippen LogP contribution in [0.25, 0.3) is 0 Å². The second kappa shape index (κ2) is 7.64. The number of carbonyl (C=O) groups is 2. The first kappa shape index (κ1) is 18.0. The van der Waals surface area contributed by atoms with E-state index >= 15 is 0 Å². The quantitative estimate of drug-likeness (QED) is 0.915. The Balaban J connectivity index is 1.56. The minimum atomic E-state index is -0.857. The number of halogens is 2. The molecule has 1 aliphatic heterocycles. The molecular weight excluding hydrogens is 338 g/mol. The predicted molar refractivity (Wildman–Crippen MR) is 93.9 cm³/mol. The molecule has 2 amide bonds. The zero-order valence-corrected chi connectivity index (χ0v) is 14.5. The topological polar surface area (TPSA) is 49.4 Å². The van der Waals surface area contributed by atoms with Crippen LogP contribution in [0, 0.1) is 18.6 Å². The van der Waals surface area contributed by atoms with Crippen LogP contribution in [0.3, 0.4) is 0 Å². The predicted octanol–water partition coefficient (Wildman–Crippen LogP) is 3.31. The van der Waals surface area contributed by atoms with Gasteiger partial charge in [0.25, 0.3) is 11.8 Å². The smallest absolute Gasteiger partial charge is 0.256 e. The summed E-state index contributed by atoms with van der Waals surface area (Å²) < 4.78 is 26.8. The molecule has 136 valence electrons. The molecule has 6 heteroatoms. The Morgan fingerprint density at radius 1 is 1.04 bits per heavy atom. The summed E-state index contributed by atoms with van der Waals surface area (Å²) in [5.74, 6) is -2.16. The van der Waals surface area contributed by atoms with E-state index in [2.05, 4.69) is 5.32 Å². The average molecular weight is 358 g/mol. The van der Waals surface area contributed by atoms with E-state index in [4.69, 9.17) is 0 Å². The Labute approximate surface area is 150 Å². The maximum Gasteiger partial charge on any atom is 0.256 e. The number of nitrogens with one attached hydrogen (secondary N) is 1. The average Bonchev–Trinajstić information content (AvgIpc) is 2.62. The molecule has 0 atom stereocenters. The molecule has 4 nitrogen and oxygen atoms in total. The van der Waals surface area contributed by atoms with Crippen molar-refractivity contribution < 1.29 is 18.4 Å². The third-order valence-electron chi connectivity index (χ3n) is 4.59. The Bertz CT molecular complexity index is 813. The summed E-state index contributed by atoms with van der Waals surface area (Å²) in [5, 5.41) is 2.97. The molecule has 26 heavy (non-hydrogen) atoms. The van der Waals surface area contributed by atoms with Gasteiger partial charge in [0.05, 0.1) is 5.56 Å². The third-order valence-corrected chi connectivity index (χ3v) is 4.59. The molecule has 1 N–H and O–H groups in total. The molecule has 0 spiro atoms. The van der Waals surface area contributed by atoms with Gasteiger partial charge < -0.3 is 10.2 Å². The molecule has 0 unspecified atom stereocenters. The summed E-state index contributed by atoms with van der Waals surface area (Å²) in [6, 6.07) is 10.2. The van der Waals surface area contributed by atoms with Crippen LogP contribution in [0.15, 0.2) is 42.5 Å². The summed E-state index contributed by atoms with van der Waals surface area (Å²) in [4.78, 5) is 26.2. The molecule has 2 aromatic rings. The highest BCUT2D eigenvalue weighted by Crippen LogP contribution is 2.17. The number of carbonyl (C=O) groups excluding carboxylic acids is 2. The van der Waals surface area contributed by atoms with Gasteiger partial charge in [-0.2, -0.15) is 0 Å². The van der Waals surface area contributed by atoms with Crippen molar-refractivity contribution in [2.24, 2.45) is 0 Å². The number of benzene rings is 2. The largest absolute Gasteiger partial charge is 0.349 e. The Kier molecular flexibility index (Phi) is 5.30. The van der Waals surface area contributed by atoms with E-state index in [-0.39, 0.29) is 17.5 Å². The van der Waals surface area contributed by atoms with Gasteiger partial charge in [-0.25, -0.2) is 8.78 Å². The fourth-order valence-corrected chi connectivity index (χ4v) is 3.03. The van der Waals surface area contributed by atoms with Crippen LogP contribution in [0.1, 0.15) is 39.1 Å². The fraction of sp³-hybridized carbons (Fsp3) is 0.300. The van der Waals surface area contributed by atoms with E-state index in [0.717, 1.165) is 17.7 Å². The number of rotatable bonds is 3. The van der Waals surface area contributed by atoms with Crippen LogP contribution in [0.4, 0.5) is 8.78 Å². The van der Waals surface area contributed by atoms with Crippen molar-refractivity contribution in [3.05, 3.63) is 70.8 Å². The minimum Gasteiger partial charge on any atom is -0.349 e. The van der Waals surface area contributed by atoms with Crippen molar-refractivity contribution >= 4 is 11.8 Å². The molecule has 0 saturated carbocycles. The molecule has 1 aliphatic rings. The number of hydrogen-bond donors (Lipinski definition) is 1.